The molecule has 162 valence electrons. The fraction of sp³-hybridized carbons (Fsp3) is 0.333. The molecule has 0 aromatic heterocycles. The first-order valence-electron chi connectivity index (χ1n) is 9.74. The van der Waals surface area contributed by atoms with E-state index in [9.17, 15) is 9.59 Å². The molecule has 30 heavy (non-hydrogen) atoms. The summed E-state index contributed by atoms with van der Waals surface area (Å²) in [5, 5.41) is 16.7. The second-order valence-electron chi connectivity index (χ2n) is 6.74. The molecule has 0 amide bonds. The van der Waals surface area contributed by atoms with Crippen molar-refractivity contribution in [3.8, 4) is 0 Å². The van der Waals surface area contributed by atoms with Crippen LogP contribution in [0.15, 0.2) is 61.2 Å². The fourth-order valence-corrected chi connectivity index (χ4v) is 3.58. The van der Waals surface area contributed by atoms with E-state index in [1.807, 2.05) is 49.9 Å². The summed E-state index contributed by atoms with van der Waals surface area (Å²) in [4.78, 5) is 22.0. The van der Waals surface area contributed by atoms with E-state index < -0.39 is 5.97 Å². The standard InChI is InChI=1S/C13H16O2S.C8H8O2.C3H6O/c1-10-4-6-11(7-5-10)13(14)15-9-12-3-2-8-16-12;1-6-2-4-7(5-3-6)8(9)10;1-2-3-4/h4-7,12H,2-3,8-9H2,1H3;2-5H,1H3,(H,9,10);2,4H,1,3H2. The molecule has 1 atom stereocenters. The highest BCUT2D eigenvalue weighted by Gasteiger charge is 2.17. The molecule has 0 saturated carbocycles. The van der Waals surface area contributed by atoms with E-state index in [1.165, 1.54) is 24.7 Å². The number of ether oxygens (including phenoxy) is 1. The lowest BCUT2D eigenvalue weighted by Gasteiger charge is -2.09. The van der Waals surface area contributed by atoms with Crippen molar-refractivity contribution in [3.05, 3.63) is 83.4 Å². The lowest BCUT2D eigenvalue weighted by molar-refractivity contribution is 0.0505. The van der Waals surface area contributed by atoms with Crippen LogP contribution in [0, 0.1) is 13.8 Å². The zero-order valence-corrected chi connectivity index (χ0v) is 18.4. The van der Waals surface area contributed by atoms with Crippen LogP contribution >= 0.6 is 11.8 Å². The molecule has 1 fully saturated rings. The van der Waals surface area contributed by atoms with Crippen LogP contribution in [0.3, 0.4) is 0 Å². The van der Waals surface area contributed by atoms with Gasteiger partial charge < -0.3 is 14.9 Å². The first-order chi connectivity index (χ1) is 14.4. The van der Waals surface area contributed by atoms with Crippen molar-refractivity contribution >= 4 is 23.7 Å². The number of carbonyl (C=O) groups excluding carboxylic acids is 1. The van der Waals surface area contributed by atoms with Crippen LogP contribution in [0.5, 0.6) is 0 Å². The number of rotatable bonds is 5. The molecule has 0 bridgehead atoms. The van der Waals surface area contributed by atoms with Gasteiger partial charge in [-0.15, -0.1) is 6.58 Å². The van der Waals surface area contributed by atoms with Crippen LogP contribution in [0.2, 0.25) is 0 Å². The van der Waals surface area contributed by atoms with Crippen LogP contribution in [-0.4, -0.2) is 46.4 Å². The Morgan fingerprint density at radius 1 is 1.07 bits per heavy atom. The van der Waals surface area contributed by atoms with Crippen LogP contribution in [0.4, 0.5) is 0 Å². The zero-order chi connectivity index (χ0) is 22.4. The molecule has 1 aliphatic rings. The maximum atomic E-state index is 11.7. The summed E-state index contributed by atoms with van der Waals surface area (Å²) in [6, 6.07) is 14.3. The van der Waals surface area contributed by atoms with E-state index >= 15 is 0 Å². The van der Waals surface area contributed by atoms with Gasteiger partial charge in [-0.2, -0.15) is 11.8 Å². The summed E-state index contributed by atoms with van der Waals surface area (Å²) >= 11 is 1.90. The van der Waals surface area contributed by atoms with Gasteiger partial charge in [-0.25, -0.2) is 9.59 Å². The van der Waals surface area contributed by atoms with Crippen LogP contribution < -0.4 is 0 Å². The summed E-state index contributed by atoms with van der Waals surface area (Å²) in [6.45, 7) is 7.79. The smallest absolute Gasteiger partial charge is 0.338 e. The molecule has 3 rings (SSSR count). The number of aryl methyl sites for hydroxylation is 2. The van der Waals surface area contributed by atoms with Crippen LogP contribution in [-0.2, 0) is 4.74 Å². The summed E-state index contributed by atoms with van der Waals surface area (Å²) in [5.74, 6) is 0.125. The van der Waals surface area contributed by atoms with Gasteiger partial charge in [0, 0.05) is 5.25 Å². The Balaban J connectivity index is 0.000000274. The highest BCUT2D eigenvalue weighted by atomic mass is 32.2. The largest absolute Gasteiger partial charge is 0.478 e. The Hall–Kier alpha value is -2.57. The van der Waals surface area contributed by atoms with E-state index in [0.717, 1.165) is 11.1 Å². The summed E-state index contributed by atoms with van der Waals surface area (Å²) in [7, 11) is 0. The monoisotopic (exact) mass is 430 g/mol. The molecule has 0 radical (unpaired) electrons. The SMILES string of the molecule is C=CCO.Cc1ccc(C(=O)O)cc1.Cc1ccc(C(=O)OCC2CCCS2)cc1. The fourth-order valence-electron chi connectivity index (χ4n) is 2.41. The average Bonchev–Trinajstić information content (AvgIpc) is 3.27. The average molecular weight is 431 g/mol. The molecular weight excluding hydrogens is 400 g/mol. The van der Waals surface area contributed by atoms with E-state index in [0.29, 0.717) is 23.0 Å². The molecule has 1 saturated heterocycles. The molecule has 1 unspecified atom stereocenters. The first kappa shape index (κ1) is 25.5. The van der Waals surface area contributed by atoms with Gasteiger partial charge in [-0.1, -0.05) is 41.5 Å². The summed E-state index contributed by atoms with van der Waals surface area (Å²) in [5.41, 5.74) is 3.21. The van der Waals surface area contributed by atoms with Crippen molar-refractivity contribution in [2.45, 2.75) is 31.9 Å². The van der Waals surface area contributed by atoms with Crippen molar-refractivity contribution in [3.63, 3.8) is 0 Å². The summed E-state index contributed by atoms with van der Waals surface area (Å²) in [6.07, 6.45) is 3.85. The van der Waals surface area contributed by atoms with Gasteiger partial charge >= 0.3 is 11.9 Å². The van der Waals surface area contributed by atoms with Gasteiger partial charge in [-0.3, -0.25) is 0 Å². The minimum absolute atomic E-state index is 0.0833. The number of carbonyl (C=O) groups is 2. The molecule has 0 aliphatic carbocycles. The van der Waals surface area contributed by atoms with E-state index in [1.54, 1.807) is 24.3 Å². The third-order valence-electron chi connectivity index (χ3n) is 4.14. The van der Waals surface area contributed by atoms with Gasteiger partial charge in [0.1, 0.15) is 6.61 Å². The molecule has 2 N–H and O–H groups in total. The van der Waals surface area contributed by atoms with Crippen molar-refractivity contribution in [1.82, 2.24) is 0 Å². The number of aliphatic hydroxyl groups is 1. The normalized spacial score (nSPS) is 14.4. The predicted octanol–water partition coefficient (Wildman–Crippen LogP) is 4.91. The minimum Gasteiger partial charge on any atom is -0.478 e. The molecule has 5 nitrogen and oxygen atoms in total. The topological polar surface area (TPSA) is 83.8 Å². The number of aliphatic hydroxyl groups excluding tert-OH is 1. The highest BCUT2D eigenvalue weighted by Crippen LogP contribution is 2.26. The van der Waals surface area contributed by atoms with E-state index in [-0.39, 0.29) is 12.6 Å². The maximum Gasteiger partial charge on any atom is 0.338 e. The Labute approximate surface area is 182 Å². The number of benzene rings is 2. The van der Waals surface area contributed by atoms with Crippen molar-refractivity contribution < 1.29 is 24.5 Å². The third-order valence-corrected chi connectivity index (χ3v) is 5.51. The van der Waals surface area contributed by atoms with Crippen molar-refractivity contribution in [2.75, 3.05) is 19.0 Å². The van der Waals surface area contributed by atoms with E-state index in [4.69, 9.17) is 14.9 Å². The van der Waals surface area contributed by atoms with Gasteiger partial charge in [0.05, 0.1) is 17.7 Å². The molecule has 1 heterocycles. The van der Waals surface area contributed by atoms with Crippen LogP contribution in [0.25, 0.3) is 0 Å². The van der Waals surface area contributed by atoms with Crippen molar-refractivity contribution in [2.24, 2.45) is 0 Å². The highest BCUT2D eigenvalue weighted by molar-refractivity contribution is 8.00. The number of hydrogen-bond acceptors (Lipinski definition) is 5. The van der Waals surface area contributed by atoms with Gasteiger partial charge in [0.25, 0.3) is 0 Å². The molecular formula is C24H30O5S. The number of thioether (sulfide) groups is 1. The molecule has 0 spiro atoms. The molecule has 1 aliphatic heterocycles. The number of aromatic carboxylic acids is 1. The zero-order valence-electron chi connectivity index (χ0n) is 17.5. The third kappa shape index (κ3) is 10.3. The van der Waals surface area contributed by atoms with Gasteiger partial charge in [0.2, 0.25) is 0 Å². The number of carboxylic acid groups (broad SMARTS) is 1. The number of esters is 1. The lowest BCUT2D eigenvalue weighted by atomic mass is 10.1. The molecule has 2 aromatic rings. The van der Waals surface area contributed by atoms with E-state index in [2.05, 4.69) is 6.58 Å². The van der Waals surface area contributed by atoms with Gasteiger partial charge in [0.15, 0.2) is 0 Å². The number of carboxylic acids is 1. The Kier molecular flexibility index (Phi) is 12.2. The maximum absolute atomic E-state index is 11.7. The van der Waals surface area contributed by atoms with Crippen molar-refractivity contribution in [1.29, 1.82) is 0 Å². The quantitative estimate of drug-likeness (QED) is 0.518. The second kappa shape index (κ2) is 14.4. The van der Waals surface area contributed by atoms with Crippen LogP contribution in [0.1, 0.15) is 44.7 Å². The lowest BCUT2D eigenvalue weighted by Crippen LogP contribution is -2.13. The Morgan fingerprint density at radius 2 is 1.57 bits per heavy atom. The Morgan fingerprint density at radius 3 is 1.97 bits per heavy atom. The molecule has 2 aromatic carbocycles. The number of hydrogen-bond donors (Lipinski definition) is 2. The first-order valence-corrected chi connectivity index (χ1v) is 10.8. The molecule has 6 heteroatoms. The minimum atomic E-state index is -0.875. The predicted molar refractivity (Wildman–Crippen MR) is 122 cm³/mol. The van der Waals surface area contributed by atoms with Gasteiger partial charge in [-0.05, 0) is 56.7 Å². The second-order valence-corrected chi connectivity index (χ2v) is 8.15. The summed E-state index contributed by atoms with van der Waals surface area (Å²) < 4.78 is 5.29. The Bertz CT molecular complexity index is 778.